The molecule has 1 saturated heterocycles. The number of carbonyl (C=O) groups is 1. The summed E-state index contributed by atoms with van der Waals surface area (Å²) in [6, 6.07) is 4.77. The first-order valence-corrected chi connectivity index (χ1v) is 15.0. The molecule has 2 aromatic heterocycles. The molecule has 1 fully saturated rings. The molecule has 1 aromatic carbocycles. The normalized spacial score (nSPS) is 24.5. The Morgan fingerprint density at radius 1 is 1.31 bits per heavy atom. The zero-order valence-corrected chi connectivity index (χ0v) is 25.2. The van der Waals surface area contributed by atoms with Gasteiger partial charge in [0.05, 0.1) is 25.6 Å². The van der Waals surface area contributed by atoms with Crippen LogP contribution in [-0.4, -0.2) is 73.8 Å². The van der Waals surface area contributed by atoms with Crippen molar-refractivity contribution in [3.8, 4) is 11.6 Å². The van der Waals surface area contributed by atoms with Gasteiger partial charge in [0.1, 0.15) is 24.0 Å². The smallest absolute Gasteiger partial charge is 0.459 e. The number of alkyl halides is 1. The maximum absolute atomic E-state index is 16.0. The van der Waals surface area contributed by atoms with Crippen molar-refractivity contribution in [3.05, 3.63) is 35.6 Å². The lowest BCUT2D eigenvalue weighted by Crippen LogP contribution is -2.41. The Morgan fingerprint density at radius 2 is 2.00 bits per heavy atom. The standard InChI is InChI=1S/C25H33ClFN6O8P/c1-6-37-21-18-20(30-24(28)31-21)33(12-29-18)23-25(5,27)19(34)17(40-23)11-38-42(36,32-14(4)22(35)39-13(2)3)41-16-9-7-15(26)8-10-16/h7-10,12-14,17,19,23,34H,6,11H2,1-5H3,(H,32,36)(H2,28,30,31)/t14-,17-,19+,23+,25+,42?/m0/s1. The molecule has 1 unspecified atom stereocenters. The Balaban J connectivity index is 1.57. The Kier molecular flexibility index (Phi) is 9.60. The van der Waals surface area contributed by atoms with Gasteiger partial charge in [0.25, 0.3) is 0 Å². The summed E-state index contributed by atoms with van der Waals surface area (Å²) < 4.78 is 58.8. The van der Waals surface area contributed by atoms with Crippen LogP contribution in [0.25, 0.3) is 11.2 Å². The van der Waals surface area contributed by atoms with Gasteiger partial charge in [-0.3, -0.25) is 13.9 Å². The summed E-state index contributed by atoms with van der Waals surface area (Å²) in [5, 5.41) is 13.8. The van der Waals surface area contributed by atoms with Crippen molar-refractivity contribution < 1.29 is 42.1 Å². The number of hydrogen-bond donors (Lipinski definition) is 3. The molecule has 0 amide bonds. The molecule has 4 N–H and O–H groups in total. The molecular weight excluding hydrogens is 598 g/mol. The summed E-state index contributed by atoms with van der Waals surface area (Å²) in [5.74, 6) is -0.632. The van der Waals surface area contributed by atoms with Gasteiger partial charge in [-0.05, 0) is 58.9 Å². The second kappa shape index (κ2) is 12.7. The number of imidazole rings is 1. The van der Waals surface area contributed by atoms with Gasteiger partial charge in [0.2, 0.25) is 11.8 Å². The number of esters is 1. The number of nitrogens with two attached hydrogens (primary N) is 1. The monoisotopic (exact) mass is 630 g/mol. The molecule has 3 heterocycles. The van der Waals surface area contributed by atoms with Crippen molar-refractivity contribution in [2.45, 2.75) is 70.9 Å². The number of nitrogen functional groups attached to an aromatic ring is 1. The fourth-order valence-electron chi connectivity index (χ4n) is 4.19. The molecule has 230 valence electrons. The van der Waals surface area contributed by atoms with Crippen LogP contribution in [0.3, 0.4) is 0 Å². The second-order valence-electron chi connectivity index (χ2n) is 9.94. The van der Waals surface area contributed by atoms with Gasteiger partial charge in [-0.15, -0.1) is 0 Å². The molecule has 0 spiro atoms. The van der Waals surface area contributed by atoms with Crippen LogP contribution in [0.5, 0.6) is 11.6 Å². The average molecular weight is 631 g/mol. The first-order valence-electron chi connectivity index (χ1n) is 13.1. The maximum Gasteiger partial charge on any atom is 0.459 e. The van der Waals surface area contributed by atoms with Gasteiger partial charge in [-0.25, -0.2) is 13.9 Å². The van der Waals surface area contributed by atoms with Crippen LogP contribution in [0.2, 0.25) is 5.02 Å². The molecule has 0 bridgehead atoms. The van der Waals surface area contributed by atoms with Crippen LogP contribution in [0.4, 0.5) is 10.3 Å². The first-order chi connectivity index (χ1) is 19.7. The zero-order valence-electron chi connectivity index (χ0n) is 23.6. The van der Waals surface area contributed by atoms with E-state index in [2.05, 4.69) is 20.0 Å². The third-order valence-corrected chi connectivity index (χ3v) is 8.06. The molecule has 0 saturated carbocycles. The number of ether oxygens (including phenoxy) is 3. The Labute approximate surface area is 246 Å². The Bertz CT molecular complexity index is 1460. The van der Waals surface area contributed by atoms with Crippen molar-refractivity contribution in [3.63, 3.8) is 0 Å². The number of rotatable bonds is 12. The number of benzene rings is 1. The number of anilines is 1. The van der Waals surface area contributed by atoms with E-state index in [-0.39, 0.29) is 35.3 Å². The average Bonchev–Trinajstić information content (AvgIpc) is 3.41. The molecule has 6 atom stereocenters. The number of fused-ring (bicyclic) bond motifs is 1. The SMILES string of the molecule is CCOc1nc(N)nc2c1ncn2[C@@H]1O[C@@H](COP(=O)(N[C@@H](C)C(=O)OC(C)C)Oc2ccc(Cl)cc2)[C@@H](O)[C@@]1(C)F. The lowest BCUT2D eigenvalue weighted by atomic mass is 9.98. The number of aliphatic hydroxyl groups is 1. The molecular formula is C25H33ClFN6O8P. The number of aromatic nitrogens is 4. The van der Waals surface area contributed by atoms with Crippen LogP contribution in [0.1, 0.15) is 40.8 Å². The molecule has 4 rings (SSSR count). The third kappa shape index (κ3) is 6.93. The number of carbonyl (C=O) groups excluding carboxylic acids is 1. The van der Waals surface area contributed by atoms with E-state index in [4.69, 9.17) is 40.6 Å². The van der Waals surface area contributed by atoms with Crippen LogP contribution in [0, 0.1) is 0 Å². The topological polar surface area (TPSA) is 182 Å². The summed E-state index contributed by atoms with van der Waals surface area (Å²) in [4.78, 5) is 24.8. The molecule has 0 radical (unpaired) electrons. The fraction of sp³-hybridized carbons (Fsp3) is 0.520. The molecule has 14 nitrogen and oxygen atoms in total. The highest BCUT2D eigenvalue weighted by atomic mass is 35.5. The third-order valence-electron chi connectivity index (χ3n) is 6.16. The van der Waals surface area contributed by atoms with E-state index in [9.17, 15) is 14.5 Å². The fourth-order valence-corrected chi connectivity index (χ4v) is 5.81. The van der Waals surface area contributed by atoms with Crippen LogP contribution >= 0.6 is 19.3 Å². The van der Waals surface area contributed by atoms with E-state index in [0.29, 0.717) is 5.02 Å². The summed E-state index contributed by atoms with van der Waals surface area (Å²) in [5.41, 5.74) is 3.76. The minimum absolute atomic E-state index is 0.105. The van der Waals surface area contributed by atoms with Gasteiger partial charge in [0.15, 0.2) is 23.1 Å². The maximum atomic E-state index is 16.0. The molecule has 1 aliphatic rings. The molecule has 42 heavy (non-hydrogen) atoms. The van der Waals surface area contributed by atoms with E-state index in [1.165, 1.54) is 42.1 Å². The zero-order chi connectivity index (χ0) is 30.8. The van der Waals surface area contributed by atoms with Gasteiger partial charge in [-0.1, -0.05) is 11.6 Å². The van der Waals surface area contributed by atoms with Gasteiger partial charge in [-0.2, -0.15) is 15.1 Å². The van der Waals surface area contributed by atoms with E-state index in [1.54, 1.807) is 20.8 Å². The van der Waals surface area contributed by atoms with Crippen molar-refractivity contribution >= 4 is 42.4 Å². The largest absolute Gasteiger partial charge is 0.476 e. The Morgan fingerprint density at radius 3 is 2.64 bits per heavy atom. The first kappa shape index (κ1) is 31.9. The van der Waals surface area contributed by atoms with Crippen molar-refractivity contribution in [2.75, 3.05) is 18.9 Å². The van der Waals surface area contributed by atoms with E-state index < -0.39 is 56.6 Å². The van der Waals surface area contributed by atoms with Crippen molar-refractivity contribution in [1.29, 1.82) is 0 Å². The highest BCUT2D eigenvalue weighted by Gasteiger charge is 2.56. The lowest BCUT2D eigenvalue weighted by molar-refractivity contribution is -0.149. The summed E-state index contributed by atoms with van der Waals surface area (Å²) in [7, 11) is -4.35. The van der Waals surface area contributed by atoms with Crippen molar-refractivity contribution in [2.24, 2.45) is 0 Å². The molecule has 3 aromatic rings. The van der Waals surface area contributed by atoms with Gasteiger partial charge in [0, 0.05) is 5.02 Å². The predicted octanol–water partition coefficient (Wildman–Crippen LogP) is 3.58. The van der Waals surface area contributed by atoms with E-state index in [0.717, 1.165) is 6.92 Å². The second-order valence-corrected chi connectivity index (χ2v) is 12.1. The number of nitrogens with one attached hydrogen (secondary N) is 1. The van der Waals surface area contributed by atoms with E-state index in [1.807, 2.05) is 0 Å². The summed E-state index contributed by atoms with van der Waals surface area (Å²) in [6.07, 6.45) is -3.70. The van der Waals surface area contributed by atoms with Crippen LogP contribution in [-0.2, 0) is 23.4 Å². The Hall–Kier alpha value is -3.07. The number of aliphatic hydroxyl groups excluding tert-OH is 1. The number of halogens is 2. The minimum Gasteiger partial charge on any atom is -0.476 e. The molecule has 17 heteroatoms. The highest BCUT2D eigenvalue weighted by molar-refractivity contribution is 7.52. The number of nitrogens with zero attached hydrogens (tertiary/aromatic N) is 4. The molecule has 0 aliphatic carbocycles. The molecule has 1 aliphatic heterocycles. The summed E-state index contributed by atoms with van der Waals surface area (Å²) in [6.45, 7) is 7.29. The van der Waals surface area contributed by atoms with E-state index >= 15 is 4.39 Å². The minimum atomic E-state index is -4.35. The lowest BCUT2D eigenvalue weighted by Gasteiger charge is -2.25. The summed E-state index contributed by atoms with van der Waals surface area (Å²) >= 11 is 5.93. The number of hydrogen-bond acceptors (Lipinski definition) is 12. The highest BCUT2D eigenvalue weighted by Crippen LogP contribution is 2.48. The van der Waals surface area contributed by atoms with Crippen LogP contribution in [0.15, 0.2) is 30.6 Å². The van der Waals surface area contributed by atoms with Gasteiger partial charge >= 0.3 is 13.7 Å². The van der Waals surface area contributed by atoms with Crippen molar-refractivity contribution in [1.82, 2.24) is 24.6 Å². The van der Waals surface area contributed by atoms with Crippen LogP contribution < -0.4 is 20.1 Å². The predicted molar refractivity (Wildman–Crippen MR) is 150 cm³/mol. The quantitative estimate of drug-likeness (QED) is 0.195. The van der Waals surface area contributed by atoms with Gasteiger partial charge < -0.3 is 29.6 Å².